The Morgan fingerprint density at radius 1 is 1.07 bits per heavy atom. The number of piperazine rings is 1. The third-order valence-electron chi connectivity index (χ3n) is 5.58. The third kappa shape index (κ3) is 4.43. The van der Waals surface area contributed by atoms with Crippen molar-refractivity contribution in [3.05, 3.63) is 59.1 Å². The maximum atomic E-state index is 12.9. The molecule has 2 aromatic carbocycles. The lowest BCUT2D eigenvalue weighted by Crippen LogP contribution is -2.48. The van der Waals surface area contributed by atoms with E-state index >= 15 is 0 Å². The molecule has 1 saturated heterocycles. The standard InChI is InChI=1S/C23H28N4OS/c1-17(2)26-12-14-27(15-13-26)19-10-8-18(9-11-19)23(28)25(3)16-22-24-20-6-4-5-7-21(20)29-22/h4-11,17H,12-16H2,1-3H3. The van der Waals surface area contributed by atoms with Gasteiger partial charge in [-0.15, -0.1) is 11.3 Å². The molecule has 0 radical (unpaired) electrons. The molecule has 0 spiro atoms. The first-order valence-electron chi connectivity index (χ1n) is 10.2. The highest BCUT2D eigenvalue weighted by Crippen LogP contribution is 2.23. The van der Waals surface area contributed by atoms with Crippen molar-refractivity contribution in [2.75, 3.05) is 38.1 Å². The molecule has 0 aliphatic carbocycles. The molecule has 0 saturated carbocycles. The predicted octanol–water partition coefficient (Wildman–Crippen LogP) is 4.10. The number of fused-ring (bicyclic) bond motifs is 1. The number of carbonyl (C=O) groups excluding carboxylic acids is 1. The second-order valence-corrected chi connectivity index (χ2v) is 9.02. The van der Waals surface area contributed by atoms with Crippen LogP contribution in [0.3, 0.4) is 0 Å². The molecule has 3 aromatic rings. The van der Waals surface area contributed by atoms with E-state index in [9.17, 15) is 4.79 Å². The molecular weight excluding hydrogens is 380 g/mol. The van der Waals surface area contributed by atoms with E-state index in [0.29, 0.717) is 12.6 Å². The molecule has 1 fully saturated rings. The predicted molar refractivity (Wildman–Crippen MR) is 121 cm³/mol. The SMILES string of the molecule is CC(C)N1CCN(c2ccc(C(=O)N(C)Cc3nc4ccccc4s3)cc2)CC1. The molecule has 4 rings (SSSR count). The number of rotatable bonds is 5. The van der Waals surface area contributed by atoms with E-state index in [0.717, 1.165) is 47.0 Å². The lowest BCUT2D eigenvalue weighted by molar-refractivity contribution is 0.0785. The Hall–Kier alpha value is -2.44. The van der Waals surface area contributed by atoms with Crippen LogP contribution in [0.2, 0.25) is 0 Å². The van der Waals surface area contributed by atoms with Gasteiger partial charge in [0.15, 0.2) is 0 Å². The first kappa shape index (κ1) is 19.9. The molecule has 29 heavy (non-hydrogen) atoms. The maximum Gasteiger partial charge on any atom is 0.253 e. The largest absolute Gasteiger partial charge is 0.369 e. The van der Waals surface area contributed by atoms with Gasteiger partial charge in [0, 0.05) is 50.5 Å². The molecular formula is C23H28N4OS. The number of carbonyl (C=O) groups is 1. The van der Waals surface area contributed by atoms with Crippen molar-refractivity contribution in [2.45, 2.75) is 26.4 Å². The zero-order valence-electron chi connectivity index (χ0n) is 17.3. The zero-order chi connectivity index (χ0) is 20.4. The van der Waals surface area contributed by atoms with Crippen molar-refractivity contribution in [1.82, 2.24) is 14.8 Å². The normalized spacial score (nSPS) is 15.2. The smallest absolute Gasteiger partial charge is 0.253 e. The summed E-state index contributed by atoms with van der Waals surface area (Å²) < 4.78 is 1.16. The lowest BCUT2D eigenvalue weighted by atomic mass is 10.1. The molecule has 0 N–H and O–H groups in total. The van der Waals surface area contributed by atoms with Crippen LogP contribution in [0.1, 0.15) is 29.2 Å². The summed E-state index contributed by atoms with van der Waals surface area (Å²) in [4.78, 5) is 24.1. The van der Waals surface area contributed by atoms with E-state index in [-0.39, 0.29) is 5.91 Å². The summed E-state index contributed by atoms with van der Waals surface area (Å²) in [5.41, 5.74) is 2.91. The molecule has 0 atom stereocenters. The highest BCUT2D eigenvalue weighted by atomic mass is 32.1. The number of benzene rings is 2. The number of aromatic nitrogens is 1. The van der Waals surface area contributed by atoms with Gasteiger partial charge in [0.2, 0.25) is 0 Å². The number of hydrogen-bond acceptors (Lipinski definition) is 5. The van der Waals surface area contributed by atoms with Gasteiger partial charge < -0.3 is 9.80 Å². The second kappa shape index (κ2) is 8.51. The van der Waals surface area contributed by atoms with Gasteiger partial charge >= 0.3 is 0 Å². The maximum absolute atomic E-state index is 12.9. The van der Waals surface area contributed by atoms with Gasteiger partial charge in [0.1, 0.15) is 5.01 Å². The average Bonchev–Trinajstić information content (AvgIpc) is 3.15. The minimum absolute atomic E-state index is 0.0282. The van der Waals surface area contributed by atoms with Crippen molar-refractivity contribution >= 4 is 33.1 Å². The molecule has 6 heteroatoms. The molecule has 1 aliphatic rings. The van der Waals surface area contributed by atoms with Crippen molar-refractivity contribution in [2.24, 2.45) is 0 Å². The summed E-state index contributed by atoms with van der Waals surface area (Å²) in [6, 6.07) is 16.7. The van der Waals surface area contributed by atoms with Gasteiger partial charge in [0.05, 0.1) is 16.8 Å². The first-order chi connectivity index (χ1) is 14.0. The number of para-hydroxylation sites is 1. The Morgan fingerprint density at radius 3 is 2.41 bits per heavy atom. The van der Waals surface area contributed by atoms with Crippen LogP contribution in [0.5, 0.6) is 0 Å². The van der Waals surface area contributed by atoms with Gasteiger partial charge in [-0.2, -0.15) is 0 Å². The van der Waals surface area contributed by atoms with Gasteiger partial charge in [-0.25, -0.2) is 4.98 Å². The fourth-order valence-electron chi connectivity index (χ4n) is 3.79. The van der Waals surface area contributed by atoms with Gasteiger partial charge in [-0.1, -0.05) is 12.1 Å². The van der Waals surface area contributed by atoms with Crippen LogP contribution < -0.4 is 4.90 Å². The Morgan fingerprint density at radius 2 is 1.76 bits per heavy atom. The third-order valence-corrected chi connectivity index (χ3v) is 6.60. The van der Waals surface area contributed by atoms with Gasteiger partial charge in [-0.05, 0) is 50.2 Å². The summed E-state index contributed by atoms with van der Waals surface area (Å²) in [5, 5.41) is 0.960. The minimum Gasteiger partial charge on any atom is -0.369 e. The molecule has 152 valence electrons. The summed E-state index contributed by atoms with van der Waals surface area (Å²) in [7, 11) is 1.84. The zero-order valence-corrected chi connectivity index (χ0v) is 18.2. The monoisotopic (exact) mass is 408 g/mol. The lowest BCUT2D eigenvalue weighted by Gasteiger charge is -2.38. The van der Waals surface area contributed by atoms with E-state index in [1.807, 2.05) is 37.4 Å². The van der Waals surface area contributed by atoms with Gasteiger partial charge in [0.25, 0.3) is 5.91 Å². The molecule has 5 nitrogen and oxygen atoms in total. The van der Waals surface area contributed by atoms with E-state index in [1.54, 1.807) is 16.2 Å². The van der Waals surface area contributed by atoms with Crippen LogP contribution >= 0.6 is 11.3 Å². The summed E-state index contributed by atoms with van der Waals surface area (Å²) in [6.45, 7) is 9.26. The van der Waals surface area contributed by atoms with Crippen LogP contribution in [0.25, 0.3) is 10.2 Å². The molecule has 0 bridgehead atoms. The average molecular weight is 409 g/mol. The topological polar surface area (TPSA) is 39.7 Å². The Kier molecular flexibility index (Phi) is 5.83. The van der Waals surface area contributed by atoms with E-state index in [4.69, 9.17) is 0 Å². The number of hydrogen-bond donors (Lipinski definition) is 0. The van der Waals surface area contributed by atoms with E-state index in [1.165, 1.54) is 5.69 Å². The Labute approximate surface area is 176 Å². The Bertz CT molecular complexity index is 941. The van der Waals surface area contributed by atoms with Crippen molar-refractivity contribution in [1.29, 1.82) is 0 Å². The number of nitrogens with zero attached hydrogens (tertiary/aromatic N) is 4. The highest BCUT2D eigenvalue weighted by molar-refractivity contribution is 7.18. The van der Waals surface area contributed by atoms with E-state index in [2.05, 4.69) is 46.8 Å². The minimum atomic E-state index is 0.0282. The van der Waals surface area contributed by atoms with Crippen LogP contribution in [0.15, 0.2) is 48.5 Å². The molecule has 1 amide bonds. The fourth-order valence-corrected chi connectivity index (χ4v) is 4.81. The fraction of sp³-hybridized carbons (Fsp3) is 0.391. The molecule has 1 aliphatic heterocycles. The quantitative estimate of drug-likeness (QED) is 0.637. The Balaban J connectivity index is 1.38. The van der Waals surface area contributed by atoms with Crippen LogP contribution in [-0.2, 0) is 6.54 Å². The molecule has 1 aromatic heterocycles. The summed E-state index contributed by atoms with van der Waals surface area (Å²) >= 11 is 1.65. The van der Waals surface area contributed by atoms with Crippen molar-refractivity contribution in [3.8, 4) is 0 Å². The van der Waals surface area contributed by atoms with Crippen LogP contribution in [-0.4, -0.2) is 60.0 Å². The first-order valence-corrected chi connectivity index (χ1v) is 11.0. The van der Waals surface area contributed by atoms with E-state index < -0.39 is 0 Å². The number of thiazole rings is 1. The van der Waals surface area contributed by atoms with Crippen LogP contribution in [0, 0.1) is 0 Å². The van der Waals surface area contributed by atoms with Crippen molar-refractivity contribution < 1.29 is 4.79 Å². The summed E-state index contributed by atoms with van der Waals surface area (Å²) in [6.07, 6.45) is 0. The molecule has 2 heterocycles. The second-order valence-electron chi connectivity index (χ2n) is 7.90. The highest BCUT2D eigenvalue weighted by Gasteiger charge is 2.20. The molecule has 0 unspecified atom stereocenters. The van der Waals surface area contributed by atoms with Gasteiger partial charge in [-0.3, -0.25) is 9.69 Å². The van der Waals surface area contributed by atoms with Crippen LogP contribution in [0.4, 0.5) is 5.69 Å². The number of anilines is 1. The van der Waals surface area contributed by atoms with Crippen molar-refractivity contribution in [3.63, 3.8) is 0 Å². The summed E-state index contributed by atoms with van der Waals surface area (Å²) in [5.74, 6) is 0.0282. The number of amides is 1.